The van der Waals surface area contributed by atoms with Crippen LogP contribution in [0.4, 0.5) is 5.69 Å². The van der Waals surface area contributed by atoms with E-state index in [-0.39, 0.29) is 0 Å². The highest BCUT2D eigenvalue weighted by Crippen LogP contribution is 2.35. The summed E-state index contributed by atoms with van der Waals surface area (Å²) in [6.07, 6.45) is 0. The van der Waals surface area contributed by atoms with E-state index in [9.17, 15) is 0 Å². The van der Waals surface area contributed by atoms with Gasteiger partial charge in [-0.15, -0.1) is 0 Å². The van der Waals surface area contributed by atoms with Crippen LogP contribution in [0.25, 0.3) is 0 Å². The molecule has 0 aromatic heterocycles. The van der Waals surface area contributed by atoms with Crippen LogP contribution in [-0.4, -0.2) is 19.0 Å². The summed E-state index contributed by atoms with van der Waals surface area (Å²) < 4.78 is 1.21. The van der Waals surface area contributed by atoms with Gasteiger partial charge in [-0.05, 0) is 66.5 Å². The van der Waals surface area contributed by atoms with E-state index in [0.717, 1.165) is 17.1 Å². The molecule has 0 aliphatic carbocycles. The smallest absolute Gasteiger partial charge is 0.0456 e. The van der Waals surface area contributed by atoms with Gasteiger partial charge in [0.05, 0.1) is 0 Å². The number of nitrogens with two attached hydrogens (primary N) is 1. The van der Waals surface area contributed by atoms with Gasteiger partial charge in [0.2, 0.25) is 0 Å². The molecule has 0 bridgehead atoms. The first kappa shape index (κ1) is 14.7. The summed E-state index contributed by atoms with van der Waals surface area (Å²) in [5.41, 5.74) is 8.22. The molecule has 0 aliphatic heterocycles. The van der Waals surface area contributed by atoms with Gasteiger partial charge in [-0.2, -0.15) is 0 Å². The molecule has 2 nitrogen and oxygen atoms in total. The number of nitrogen functional groups attached to an aromatic ring is 1. The molecule has 100 valence electrons. The van der Waals surface area contributed by atoms with Gasteiger partial charge in [0.25, 0.3) is 0 Å². The molecule has 2 N–H and O–H groups in total. The molecule has 2 aromatic rings. The minimum atomic E-state index is 0.838. The van der Waals surface area contributed by atoms with Crippen molar-refractivity contribution in [3.63, 3.8) is 0 Å². The van der Waals surface area contributed by atoms with Gasteiger partial charge in [0.15, 0.2) is 0 Å². The van der Waals surface area contributed by atoms with Gasteiger partial charge in [-0.3, -0.25) is 0 Å². The van der Waals surface area contributed by atoms with Gasteiger partial charge < -0.3 is 10.6 Å². The standard InChI is InChI=1S/C15H17IN2S/c1-18(2)10-11-5-3-4-6-14(11)19-15-9-12(16)7-8-13(15)17/h3-9H,10,17H2,1-2H3/i16-4. The van der Waals surface area contributed by atoms with Crippen LogP contribution in [0.1, 0.15) is 5.56 Å². The van der Waals surface area contributed by atoms with Gasteiger partial charge in [0, 0.05) is 25.6 Å². The van der Waals surface area contributed by atoms with Crippen LogP contribution in [0.3, 0.4) is 0 Å². The molecule has 0 unspecified atom stereocenters. The van der Waals surface area contributed by atoms with Crippen molar-refractivity contribution >= 4 is 40.0 Å². The van der Waals surface area contributed by atoms with Crippen LogP contribution in [0.5, 0.6) is 0 Å². The van der Waals surface area contributed by atoms with Crippen molar-refractivity contribution in [2.75, 3.05) is 19.8 Å². The average molecular weight is 380 g/mol. The molecule has 19 heavy (non-hydrogen) atoms. The third-order valence-electron chi connectivity index (χ3n) is 2.65. The second-order valence-corrected chi connectivity index (χ2v) is 6.96. The Morgan fingerprint density at radius 3 is 2.58 bits per heavy atom. The third-order valence-corrected chi connectivity index (χ3v) is 4.52. The van der Waals surface area contributed by atoms with Gasteiger partial charge in [-0.1, -0.05) is 30.0 Å². The summed E-state index contributed by atoms with van der Waals surface area (Å²) in [4.78, 5) is 4.57. The number of nitrogens with zero attached hydrogens (tertiary/aromatic N) is 1. The Labute approximate surface area is 132 Å². The van der Waals surface area contributed by atoms with Crippen molar-refractivity contribution in [3.8, 4) is 0 Å². The number of halogens is 1. The molecule has 0 spiro atoms. The summed E-state index contributed by atoms with van der Waals surface area (Å²) in [5.74, 6) is 0. The minimum Gasteiger partial charge on any atom is -0.398 e. The van der Waals surface area contributed by atoms with E-state index in [1.165, 1.54) is 14.0 Å². The van der Waals surface area contributed by atoms with E-state index >= 15 is 0 Å². The summed E-state index contributed by atoms with van der Waals surface area (Å²) >= 11 is 4.06. The van der Waals surface area contributed by atoms with Crippen LogP contribution >= 0.6 is 34.4 Å². The summed E-state index contributed by atoms with van der Waals surface area (Å²) in [6.45, 7) is 0.938. The van der Waals surface area contributed by atoms with Crippen molar-refractivity contribution in [1.82, 2.24) is 4.90 Å². The number of anilines is 1. The average Bonchev–Trinajstić information content (AvgIpc) is 2.35. The molecule has 0 amide bonds. The predicted octanol–water partition coefficient (Wildman–Crippen LogP) is 4.09. The first-order valence-electron chi connectivity index (χ1n) is 6.02. The summed E-state index contributed by atoms with van der Waals surface area (Å²) in [7, 11) is 4.17. The summed E-state index contributed by atoms with van der Waals surface area (Å²) in [6, 6.07) is 14.6. The largest absolute Gasteiger partial charge is 0.398 e. The van der Waals surface area contributed by atoms with Crippen molar-refractivity contribution in [1.29, 1.82) is 0 Å². The molecular formula is C15H17IN2S. The molecule has 0 saturated carbocycles. The zero-order valence-electron chi connectivity index (χ0n) is 11.1. The molecule has 0 atom stereocenters. The van der Waals surface area contributed by atoms with Gasteiger partial charge in [0.1, 0.15) is 0 Å². The van der Waals surface area contributed by atoms with E-state index in [2.05, 4.69) is 71.9 Å². The second-order valence-electron chi connectivity index (χ2n) is 4.63. The lowest BCUT2D eigenvalue weighted by atomic mass is 10.2. The van der Waals surface area contributed by atoms with E-state index in [4.69, 9.17) is 5.73 Å². The molecule has 0 saturated heterocycles. The van der Waals surface area contributed by atoms with Crippen LogP contribution < -0.4 is 5.73 Å². The predicted molar refractivity (Wildman–Crippen MR) is 91.5 cm³/mol. The lowest BCUT2D eigenvalue weighted by Gasteiger charge is -2.14. The van der Waals surface area contributed by atoms with Crippen LogP contribution in [-0.2, 0) is 6.54 Å². The zero-order chi connectivity index (χ0) is 13.8. The van der Waals surface area contributed by atoms with Gasteiger partial charge in [-0.25, -0.2) is 0 Å². The fraction of sp³-hybridized carbons (Fsp3) is 0.200. The minimum absolute atomic E-state index is 0.838. The topological polar surface area (TPSA) is 29.3 Å². The Morgan fingerprint density at radius 2 is 1.84 bits per heavy atom. The van der Waals surface area contributed by atoms with Crippen molar-refractivity contribution in [3.05, 3.63) is 51.6 Å². The highest BCUT2D eigenvalue weighted by molar-refractivity contribution is 14.1. The number of rotatable bonds is 4. The van der Waals surface area contributed by atoms with E-state index in [1.807, 2.05) is 12.1 Å². The molecule has 0 heterocycles. The van der Waals surface area contributed by atoms with Gasteiger partial charge >= 0.3 is 0 Å². The van der Waals surface area contributed by atoms with Crippen molar-refractivity contribution in [2.45, 2.75) is 16.3 Å². The second kappa shape index (κ2) is 6.63. The van der Waals surface area contributed by atoms with Crippen LogP contribution in [0.15, 0.2) is 52.3 Å². The number of benzene rings is 2. The molecule has 2 rings (SSSR count). The molecule has 0 radical (unpaired) electrons. The Hall–Kier alpha value is -0.720. The van der Waals surface area contributed by atoms with E-state index < -0.39 is 0 Å². The molecule has 0 aliphatic rings. The zero-order valence-corrected chi connectivity index (χ0v) is 14.0. The Bertz CT molecular complexity index is 570. The van der Waals surface area contributed by atoms with Crippen molar-refractivity contribution in [2.24, 2.45) is 0 Å². The SMILES string of the molecule is CN(C)Cc1ccccc1Sc1cc([123I])ccc1N. The molecular weight excluding hydrogens is 363 g/mol. The van der Waals surface area contributed by atoms with Crippen LogP contribution in [0.2, 0.25) is 0 Å². The lowest BCUT2D eigenvalue weighted by Crippen LogP contribution is -2.11. The lowest BCUT2D eigenvalue weighted by molar-refractivity contribution is 0.399. The first-order chi connectivity index (χ1) is 9.06. The fourth-order valence-corrected chi connectivity index (χ4v) is 3.51. The fourth-order valence-electron chi connectivity index (χ4n) is 1.79. The van der Waals surface area contributed by atoms with E-state index in [1.54, 1.807) is 11.8 Å². The maximum absolute atomic E-state index is 6.05. The highest BCUT2D eigenvalue weighted by atomic mass is 123. The quantitative estimate of drug-likeness (QED) is 0.640. The maximum Gasteiger partial charge on any atom is 0.0456 e. The Balaban J connectivity index is 2.30. The Kier molecular flexibility index (Phi) is 5.13. The molecule has 0 fully saturated rings. The maximum atomic E-state index is 6.05. The van der Waals surface area contributed by atoms with E-state index in [0.29, 0.717) is 0 Å². The number of hydrogen-bond acceptors (Lipinski definition) is 3. The highest BCUT2D eigenvalue weighted by Gasteiger charge is 2.07. The normalized spacial score (nSPS) is 10.9. The molecule has 2 aromatic carbocycles. The number of hydrogen-bond donors (Lipinski definition) is 1. The third kappa shape index (κ3) is 4.12. The monoisotopic (exact) mass is 380 g/mol. The van der Waals surface area contributed by atoms with Crippen LogP contribution in [0, 0.1) is 3.57 Å². The Morgan fingerprint density at radius 1 is 1.11 bits per heavy atom. The molecule has 4 heteroatoms. The first-order valence-corrected chi connectivity index (χ1v) is 7.91. The summed E-state index contributed by atoms with van der Waals surface area (Å²) in [5, 5.41) is 0. The van der Waals surface area contributed by atoms with Crippen molar-refractivity contribution < 1.29 is 0 Å².